The second-order valence-corrected chi connectivity index (χ2v) is 6.10. The van der Waals surface area contributed by atoms with Crippen LogP contribution in [0.5, 0.6) is 0 Å². The van der Waals surface area contributed by atoms with Crippen molar-refractivity contribution in [2.24, 2.45) is 0 Å². The molecule has 4 nitrogen and oxygen atoms in total. The van der Waals surface area contributed by atoms with Gasteiger partial charge in [0.15, 0.2) is 10.8 Å². The van der Waals surface area contributed by atoms with Crippen LogP contribution >= 0.6 is 22.9 Å². The highest BCUT2D eigenvalue weighted by molar-refractivity contribution is 7.15. The zero-order valence-corrected chi connectivity index (χ0v) is 13.0. The normalized spacial score (nSPS) is 12.2. The monoisotopic (exact) mass is 310 g/mol. The lowest BCUT2D eigenvalue weighted by atomic mass is 10.1. The number of hydrogen-bond donors (Lipinski definition) is 1. The summed E-state index contributed by atoms with van der Waals surface area (Å²) >= 11 is 7.57. The number of carboxylic acids is 1. The molecule has 6 heteroatoms. The van der Waals surface area contributed by atoms with Gasteiger partial charge in [-0.1, -0.05) is 29.8 Å². The van der Waals surface area contributed by atoms with Gasteiger partial charge >= 0.3 is 5.97 Å². The van der Waals surface area contributed by atoms with Crippen LogP contribution in [0.25, 0.3) is 0 Å². The van der Waals surface area contributed by atoms with Gasteiger partial charge < -0.3 is 10.0 Å². The van der Waals surface area contributed by atoms with E-state index in [0.29, 0.717) is 15.0 Å². The minimum absolute atomic E-state index is 0.0101. The summed E-state index contributed by atoms with van der Waals surface area (Å²) in [4.78, 5) is 17.9. The van der Waals surface area contributed by atoms with E-state index in [-0.39, 0.29) is 11.7 Å². The molecule has 1 atom stereocenters. The van der Waals surface area contributed by atoms with E-state index in [2.05, 4.69) is 4.98 Å². The summed E-state index contributed by atoms with van der Waals surface area (Å²) in [5, 5.41) is 10.4. The number of halogens is 1. The topological polar surface area (TPSA) is 53.4 Å². The maximum absolute atomic E-state index is 11.1. The highest BCUT2D eigenvalue weighted by atomic mass is 35.5. The van der Waals surface area contributed by atoms with Gasteiger partial charge in [0.25, 0.3) is 0 Å². The van der Waals surface area contributed by atoms with Gasteiger partial charge in [0, 0.05) is 16.9 Å². The Kier molecular flexibility index (Phi) is 4.30. The fourth-order valence-electron chi connectivity index (χ4n) is 1.92. The molecule has 1 N–H and O–H groups in total. The van der Waals surface area contributed by atoms with Gasteiger partial charge in [0.2, 0.25) is 0 Å². The molecule has 0 spiro atoms. The van der Waals surface area contributed by atoms with Crippen molar-refractivity contribution in [3.05, 3.63) is 45.4 Å². The second-order valence-electron chi connectivity index (χ2n) is 4.51. The molecule has 0 amide bonds. The van der Waals surface area contributed by atoms with Crippen molar-refractivity contribution in [3.8, 4) is 0 Å². The number of carboxylic acid groups (broad SMARTS) is 1. The van der Waals surface area contributed by atoms with Crippen molar-refractivity contribution in [2.45, 2.75) is 19.9 Å². The minimum Gasteiger partial charge on any atom is -0.476 e. The van der Waals surface area contributed by atoms with Crippen molar-refractivity contribution in [3.63, 3.8) is 0 Å². The number of aryl methyl sites for hydroxylation is 1. The van der Waals surface area contributed by atoms with E-state index >= 15 is 0 Å². The van der Waals surface area contributed by atoms with E-state index in [9.17, 15) is 4.79 Å². The third kappa shape index (κ3) is 2.78. The number of anilines is 1. The summed E-state index contributed by atoms with van der Waals surface area (Å²) < 4.78 is 0. The molecular formula is C14H15ClN2O2S. The zero-order valence-electron chi connectivity index (χ0n) is 11.4. The molecule has 0 aliphatic heterocycles. The van der Waals surface area contributed by atoms with Crippen molar-refractivity contribution in [1.82, 2.24) is 4.98 Å². The van der Waals surface area contributed by atoms with Crippen molar-refractivity contribution >= 4 is 34.0 Å². The Morgan fingerprint density at radius 1 is 1.45 bits per heavy atom. The molecule has 1 aromatic heterocycles. The van der Waals surface area contributed by atoms with Crippen LogP contribution in [0.1, 0.15) is 33.9 Å². The van der Waals surface area contributed by atoms with Crippen molar-refractivity contribution in [2.75, 3.05) is 11.9 Å². The summed E-state index contributed by atoms with van der Waals surface area (Å²) in [5.74, 6) is -0.996. The number of thiazole rings is 1. The number of benzene rings is 1. The fraction of sp³-hybridized carbons (Fsp3) is 0.286. The van der Waals surface area contributed by atoms with Crippen molar-refractivity contribution in [1.29, 1.82) is 0 Å². The van der Waals surface area contributed by atoms with Crippen molar-refractivity contribution < 1.29 is 9.90 Å². The van der Waals surface area contributed by atoms with Crippen LogP contribution in [0.4, 0.5) is 5.13 Å². The predicted octanol–water partition coefficient (Wildman–Crippen LogP) is 4.00. The summed E-state index contributed by atoms with van der Waals surface area (Å²) in [6.45, 7) is 3.77. The fourth-order valence-corrected chi connectivity index (χ4v) is 3.16. The quantitative estimate of drug-likeness (QED) is 0.927. The Hall–Kier alpha value is -1.59. The van der Waals surface area contributed by atoms with Crippen LogP contribution in [0, 0.1) is 6.92 Å². The summed E-state index contributed by atoms with van der Waals surface area (Å²) in [6.07, 6.45) is 0. The molecule has 0 fully saturated rings. The third-order valence-electron chi connectivity index (χ3n) is 3.23. The maximum atomic E-state index is 11.1. The lowest BCUT2D eigenvalue weighted by molar-refractivity contribution is 0.0690. The number of rotatable bonds is 4. The Labute approximate surface area is 126 Å². The number of nitrogens with zero attached hydrogens (tertiary/aromatic N) is 2. The number of carbonyl (C=O) groups is 1. The molecule has 106 valence electrons. The van der Waals surface area contributed by atoms with E-state index in [1.807, 2.05) is 43.1 Å². The first-order chi connectivity index (χ1) is 9.41. The minimum atomic E-state index is -0.996. The Morgan fingerprint density at radius 3 is 2.65 bits per heavy atom. The van der Waals surface area contributed by atoms with Gasteiger partial charge in [-0.2, -0.15) is 0 Å². The average Bonchev–Trinajstić information content (AvgIpc) is 2.80. The summed E-state index contributed by atoms with van der Waals surface area (Å²) in [6, 6.07) is 7.63. The van der Waals surface area contributed by atoms with Gasteiger partial charge in [0.05, 0.1) is 6.04 Å². The molecule has 20 heavy (non-hydrogen) atoms. The summed E-state index contributed by atoms with van der Waals surface area (Å²) in [7, 11) is 1.89. The van der Waals surface area contributed by atoms with Crippen LogP contribution in [0.3, 0.4) is 0 Å². The smallest absolute Gasteiger partial charge is 0.355 e. The first-order valence-electron chi connectivity index (χ1n) is 6.09. The van der Waals surface area contributed by atoms with E-state index < -0.39 is 5.97 Å². The lowest BCUT2D eigenvalue weighted by Crippen LogP contribution is -2.21. The van der Waals surface area contributed by atoms with Gasteiger partial charge in [-0.05, 0) is 25.5 Å². The van der Waals surface area contributed by atoms with Crippen LogP contribution in [0.15, 0.2) is 24.3 Å². The Morgan fingerprint density at radius 2 is 2.10 bits per heavy atom. The van der Waals surface area contributed by atoms with Gasteiger partial charge in [-0.15, -0.1) is 11.3 Å². The van der Waals surface area contributed by atoms with Crippen LogP contribution in [-0.2, 0) is 0 Å². The SMILES string of the molecule is Cc1sc(N(C)C(C)c2ccccc2Cl)nc1C(=O)O. The molecule has 0 aliphatic carbocycles. The largest absolute Gasteiger partial charge is 0.476 e. The second kappa shape index (κ2) is 5.81. The number of aromatic carboxylic acids is 1. The van der Waals surface area contributed by atoms with E-state index in [0.717, 1.165) is 5.56 Å². The van der Waals surface area contributed by atoms with Crippen LogP contribution < -0.4 is 4.90 Å². The van der Waals surface area contributed by atoms with E-state index in [1.165, 1.54) is 11.3 Å². The highest BCUT2D eigenvalue weighted by Gasteiger charge is 2.21. The number of hydrogen-bond acceptors (Lipinski definition) is 4. The van der Waals surface area contributed by atoms with E-state index in [1.54, 1.807) is 6.92 Å². The molecule has 2 aromatic rings. The molecule has 0 saturated heterocycles. The maximum Gasteiger partial charge on any atom is 0.355 e. The van der Waals surface area contributed by atoms with Gasteiger partial charge in [-0.3, -0.25) is 0 Å². The van der Waals surface area contributed by atoms with Gasteiger partial charge in [-0.25, -0.2) is 9.78 Å². The standard InChI is InChI=1S/C14H15ClN2O2S/c1-8(10-6-4-5-7-11(10)15)17(3)14-16-12(13(18)19)9(2)20-14/h4-8H,1-3H3,(H,18,19). The molecule has 0 radical (unpaired) electrons. The first kappa shape index (κ1) is 14.8. The molecule has 0 saturated carbocycles. The first-order valence-corrected chi connectivity index (χ1v) is 7.29. The van der Waals surface area contributed by atoms with E-state index in [4.69, 9.17) is 16.7 Å². The Balaban J connectivity index is 2.32. The molecule has 1 heterocycles. The molecule has 2 rings (SSSR count). The molecule has 1 aromatic carbocycles. The summed E-state index contributed by atoms with van der Waals surface area (Å²) in [5.41, 5.74) is 1.10. The molecule has 0 bridgehead atoms. The Bertz CT molecular complexity index is 642. The number of aromatic nitrogens is 1. The van der Waals surface area contributed by atoms with Crippen LogP contribution in [-0.4, -0.2) is 23.1 Å². The molecule has 0 aliphatic rings. The van der Waals surface area contributed by atoms with Crippen LogP contribution in [0.2, 0.25) is 5.02 Å². The zero-order chi connectivity index (χ0) is 14.9. The molecule has 1 unspecified atom stereocenters. The highest BCUT2D eigenvalue weighted by Crippen LogP contribution is 2.33. The predicted molar refractivity (Wildman–Crippen MR) is 82.1 cm³/mol. The average molecular weight is 311 g/mol. The lowest BCUT2D eigenvalue weighted by Gasteiger charge is -2.25. The molecular weight excluding hydrogens is 296 g/mol. The van der Waals surface area contributed by atoms with Gasteiger partial charge in [0.1, 0.15) is 0 Å². The third-order valence-corrected chi connectivity index (χ3v) is 4.63.